The zero-order valence-electron chi connectivity index (χ0n) is 8.02. The molecule has 1 saturated carbocycles. The first-order chi connectivity index (χ1) is 6.64. The molecule has 0 bridgehead atoms. The molecule has 0 atom stereocenters. The van der Waals surface area contributed by atoms with Crippen LogP contribution in [0, 0.1) is 17.2 Å². The third-order valence-corrected chi connectivity index (χ3v) is 5.34. The zero-order chi connectivity index (χ0) is 10.2. The van der Waals surface area contributed by atoms with Crippen LogP contribution in [0.4, 0.5) is 0 Å². The van der Waals surface area contributed by atoms with Crippen molar-refractivity contribution in [2.24, 2.45) is 5.92 Å². The van der Waals surface area contributed by atoms with Crippen LogP contribution in [-0.4, -0.2) is 31.1 Å². The van der Waals surface area contributed by atoms with Crippen LogP contribution in [0.2, 0.25) is 0 Å². The van der Waals surface area contributed by atoms with E-state index in [0.29, 0.717) is 25.9 Å². The first-order valence-corrected chi connectivity index (χ1v) is 6.53. The number of sulfonamides is 1. The lowest BCUT2D eigenvalue weighted by Crippen LogP contribution is -2.39. The summed E-state index contributed by atoms with van der Waals surface area (Å²) in [6.07, 6.45) is 3.03. The fourth-order valence-electron chi connectivity index (χ4n) is 1.82. The summed E-state index contributed by atoms with van der Waals surface area (Å²) in [6.45, 7) is 1.08. The zero-order valence-corrected chi connectivity index (χ0v) is 8.83. The summed E-state index contributed by atoms with van der Waals surface area (Å²) in [4.78, 5) is 0. The molecule has 2 rings (SSSR count). The standard InChI is InChI=1S/C9H14N2O2S/c10-7-8-3-5-11(6-4-8)14(12,13)9-1-2-9/h8-9H,1-6H2. The van der Waals surface area contributed by atoms with E-state index in [1.54, 1.807) is 4.31 Å². The maximum atomic E-state index is 11.8. The fourth-order valence-corrected chi connectivity index (χ4v) is 3.69. The van der Waals surface area contributed by atoms with Crippen LogP contribution in [-0.2, 0) is 10.0 Å². The molecular weight excluding hydrogens is 200 g/mol. The predicted molar refractivity (Wildman–Crippen MR) is 51.9 cm³/mol. The Morgan fingerprint density at radius 3 is 2.14 bits per heavy atom. The van der Waals surface area contributed by atoms with Crippen LogP contribution in [0.1, 0.15) is 25.7 Å². The van der Waals surface area contributed by atoms with Crippen molar-refractivity contribution >= 4 is 10.0 Å². The van der Waals surface area contributed by atoms with Crippen molar-refractivity contribution in [1.29, 1.82) is 5.26 Å². The third kappa shape index (κ3) is 1.77. The van der Waals surface area contributed by atoms with Gasteiger partial charge in [-0.2, -0.15) is 5.26 Å². The van der Waals surface area contributed by atoms with Gasteiger partial charge in [-0.1, -0.05) is 0 Å². The summed E-state index contributed by atoms with van der Waals surface area (Å²) < 4.78 is 25.1. The van der Waals surface area contributed by atoms with Gasteiger partial charge in [0.1, 0.15) is 0 Å². The fraction of sp³-hybridized carbons (Fsp3) is 0.889. The molecule has 5 heteroatoms. The number of piperidine rings is 1. The van der Waals surface area contributed by atoms with Crippen molar-refractivity contribution in [3.8, 4) is 6.07 Å². The van der Waals surface area contributed by atoms with E-state index >= 15 is 0 Å². The normalized spacial score (nSPS) is 25.9. The topological polar surface area (TPSA) is 61.2 Å². The minimum atomic E-state index is -3.00. The summed E-state index contributed by atoms with van der Waals surface area (Å²) >= 11 is 0. The molecule has 78 valence electrons. The first-order valence-electron chi connectivity index (χ1n) is 5.03. The van der Waals surface area contributed by atoms with Gasteiger partial charge in [-0.3, -0.25) is 0 Å². The Morgan fingerprint density at radius 2 is 1.71 bits per heavy atom. The van der Waals surface area contributed by atoms with E-state index < -0.39 is 10.0 Å². The quantitative estimate of drug-likeness (QED) is 0.680. The van der Waals surface area contributed by atoms with Gasteiger partial charge in [0.05, 0.1) is 11.3 Å². The lowest BCUT2D eigenvalue weighted by Gasteiger charge is -2.28. The molecule has 0 spiro atoms. The minimum Gasteiger partial charge on any atom is -0.212 e. The maximum absolute atomic E-state index is 11.8. The maximum Gasteiger partial charge on any atom is 0.216 e. The molecule has 2 fully saturated rings. The van der Waals surface area contributed by atoms with Gasteiger partial charge in [-0.15, -0.1) is 0 Å². The largest absolute Gasteiger partial charge is 0.216 e. The second kappa shape index (κ2) is 3.52. The molecule has 4 nitrogen and oxygen atoms in total. The highest BCUT2D eigenvalue weighted by atomic mass is 32.2. The Morgan fingerprint density at radius 1 is 1.14 bits per heavy atom. The number of rotatable bonds is 2. The molecule has 1 aliphatic heterocycles. The van der Waals surface area contributed by atoms with Crippen LogP contribution in [0.3, 0.4) is 0 Å². The molecule has 0 aromatic heterocycles. The number of hydrogen-bond donors (Lipinski definition) is 0. The molecule has 2 aliphatic rings. The van der Waals surface area contributed by atoms with E-state index in [4.69, 9.17) is 5.26 Å². The molecule has 0 amide bonds. The van der Waals surface area contributed by atoms with Crippen LogP contribution < -0.4 is 0 Å². The van der Waals surface area contributed by atoms with E-state index in [2.05, 4.69) is 6.07 Å². The van der Waals surface area contributed by atoms with Gasteiger partial charge in [0.25, 0.3) is 0 Å². The van der Waals surface area contributed by atoms with Crippen molar-refractivity contribution in [2.75, 3.05) is 13.1 Å². The van der Waals surface area contributed by atoms with E-state index in [9.17, 15) is 8.42 Å². The van der Waals surface area contributed by atoms with Crippen LogP contribution in [0.5, 0.6) is 0 Å². The van der Waals surface area contributed by atoms with Gasteiger partial charge in [0.15, 0.2) is 0 Å². The number of hydrogen-bond acceptors (Lipinski definition) is 3. The predicted octanol–water partition coefficient (Wildman–Crippen LogP) is 0.714. The van der Waals surface area contributed by atoms with E-state index in [-0.39, 0.29) is 11.2 Å². The van der Waals surface area contributed by atoms with Crippen molar-refractivity contribution in [2.45, 2.75) is 30.9 Å². The molecule has 14 heavy (non-hydrogen) atoms. The molecule has 0 aromatic rings. The molecular formula is C9H14N2O2S. The van der Waals surface area contributed by atoms with Crippen LogP contribution in [0.15, 0.2) is 0 Å². The minimum absolute atomic E-state index is 0.0562. The highest BCUT2D eigenvalue weighted by Crippen LogP contribution is 2.32. The SMILES string of the molecule is N#CC1CCN(S(=O)(=O)C2CC2)CC1. The highest BCUT2D eigenvalue weighted by Gasteiger charge is 2.41. The van der Waals surface area contributed by atoms with Crippen LogP contribution >= 0.6 is 0 Å². The Bertz CT molecular complexity index is 345. The molecule has 1 saturated heterocycles. The summed E-state index contributed by atoms with van der Waals surface area (Å²) in [6, 6.07) is 2.20. The van der Waals surface area contributed by atoms with Crippen molar-refractivity contribution in [3.05, 3.63) is 0 Å². The van der Waals surface area contributed by atoms with Gasteiger partial charge >= 0.3 is 0 Å². The van der Waals surface area contributed by atoms with Gasteiger partial charge in [0.2, 0.25) is 10.0 Å². The lowest BCUT2D eigenvalue weighted by atomic mass is 10.0. The summed E-state index contributed by atoms with van der Waals surface area (Å²) in [5.41, 5.74) is 0. The second-order valence-corrected chi connectivity index (χ2v) is 6.26. The Balaban J connectivity index is 1.98. The highest BCUT2D eigenvalue weighted by molar-refractivity contribution is 7.90. The van der Waals surface area contributed by atoms with Crippen molar-refractivity contribution < 1.29 is 8.42 Å². The Hall–Kier alpha value is -0.600. The number of nitriles is 1. The molecule has 1 aliphatic carbocycles. The van der Waals surface area contributed by atoms with Gasteiger partial charge < -0.3 is 0 Å². The average molecular weight is 214 g/mol. The summed E-state index contributed by atoms with van der Waals surface area (Å²) in [5, 5.41) is 8.57. The molecule has 0 N–H and O–H groups in total. The molecule has 0 radical (unpaired) electrons. The number of nitrogens with zero attached hydrogens (tertiary/aromatic N) is 2. The summed E-state index contributed by atoms with van der Waals surface area (Å²) in [7, 11) is -3.00. The molecule has 0 unspecified atom stereocenters. The second-order valence-electron chi connectivity index (χ2n) is 4.05. The van der Waals surface area contributed by atoms with E-state index in [1.165, 1.54) is 0 Å². The van der Waals surface area contributed by atoms with Gasteiger partial charge in [0, 0.05) is 19.0 Å². The van der Waals surface area contributed by atoms with Crippen LogP contribution in [0.25, 0.3) is 0 Å². The molecule has 0 aromatic carbocycles. The smallest absolute Gasteiger partial charge is 0.212 e. The third-order valence-electron chi connectivity index (χ3n) is 2.94. The summed E-state index contributed by atoms with van der Waals surface area (Å²) in [5.74, 6) is 0.0562. The Kier molecular flexibility index (Phi) is 2.50. The van der Waals surface area contributed by atoms with Crippen molar-refractivity contribution in [3.63, 3.8) is 0 Å². The van der Waals surface area contributed by atoms with Gasteiger partial charge in [-0.25, -0.2) is 12.7 Å². The van der Waals surface area contributed by atoms with Crippen molar-refractivity contribution in [1.82, 2.24) is 4.31 Å². The van der Waals surface area contributed by atoms with E-state index in [0.717, 1.165) is 12.8 Å². The monoisotopic (exact) mass is 214 g/mol. The first kappa shape index (κ1) is 9.94. The van der Waals surface area contributed by atoms with E-state index in [1.807, 2.05) is 0 Å². The average Bonchev–Trinajstić information content (AvgIpc) is 3.01. The lowest BCUT2D eigenvalue weighted by molar-refractivity contribution is 0.309. The molecule has 1 heterocycles. The Labute approximate surface area is 84.6 Å². The van der Waals surface area contributed by atoms with Gasteiger partial charge in [-0.05, 0) is 25.7 Å².